The van der Waals surface area contributed by atoms with Crippen molar-refractivity contribution >= 4 is 5.97 Å². The summed E-state index contributed by atoms with van der Waals surface area (Å²) in [6.45, 7) is 6.27. The van der Waals surface area contributed by atoms with E-state index >= 15 is 0 Å². The predicted octanol–water partition coefficient (Wildman–Crippen LogP) is 3.02. The molecule has 2 aromatic rings. The molecule has 0 aliphatic heterocycles. The molecule has 2 rings (SSSR count). The molecule has 0 saturated carbocycles. The highest BCUT2D eigenvalue weighted by Gasteiger charge is 2.17. The molecule has 1 N–H and O–H groups in total. The fourth-order valence-electron chi connectivity index (χ4n) is 1.70. The minimum Gasteiger partial charge on any atom is -0.478 e. The number of carbonyl (C=O) groups is 1. The van der Waals surface area contributed by atoms with Crippen LogP contribution >= 0.6 is 0 Å². The molecule has 1 heterocycles. The van der Waals surface area contributed by atoms with Crippen LogP contribution in [0.2, 0.25) is 0 Å². The Morgan fingerprint density at radius 3 is 2.74 bits per heavy atom. The lowest BCUT2D eigenvalue weighted by Gasteiger charge is -2.14. The maximum absolute atomic E-state index is 10.9. The zero-order chi connectivity index (χ0) is 14.0. The molecule has 1 aromatic carbocycles. The third-order valence-electron chi connectivity index (χ3n) is 2.51. The maximum Gasteiger partial charge on any atom is 0.335 e. The van der Waals surface area contributed by atoms with Gasteiger partial charge >= 0.3 is 5.97 Å². The van der Waals surface area contributed by atoms with Crippen LogP contribution in [-0.4, -0.2) is 21.2 Å². The molecule has 0 saturated heterocycles. The molecule has 100 valence electrons. The smallest absolute Gasteiger partial charge is 0.335 e. The van der Waals surface area contributed by atoms with Crippen molar-refractivity contribution in [1.82, 2.24) is 10.1 Å². The lowest BCUT2D eigenvalue weighted by Crippen LogP contribution is -2.10. The number of hydrogen-bond acceptors (Lipinski definition) is 4. The fourth-order valence-corrected chi connectivity index (χ4v) is 1.70. The molecule has 0 aliphatic rings. The lowest BCUT2D eigenvalue weighted by atomic mass is 9.92. The zero-order valence-corrected chi connectivity index (χ0v) is 11.2. The van der Waals surface area contributed by atoms with Crippen LogP contribution in [0.5, 0.6) is 0 Å². The van der Waals surface area contributed by atoms with Crippen molar-refractivity contribution in [3.05, 3.63) is 35.7 Å². The second-order valence-electron chi connectivity index (χ2n) is 5.64. The number of hydrogen-bond donors (Lipinski definition) is 1. The number of benzene rings is 1. The average Bonchev–Trinajstić information content (AvgIpc) is 2.75. The van der Waals surface area contributed by atoms with Gasteiger partial charge in [0.1, 0.15) is 0 Å². The third-order valence-corrected chi connectivity index (χ3v) is 2.51. The Kier molecular flexibility index (Phi) is 3.38. The zero-order valence-electron chi connectivity index (χ0n) is 11.2. The summed E-state index contributed by atoms with van der Waals surface area (Å²) in [4.78, 5) is 15.2. The number of aromatic carboxylic acids is 1. The van der Waals surface area contributed by atoms with E-state index in [1.165, 1.54) is 12.1 Å². The highest BCUT2D eigenvalue weighted by Crippen LogP contribution is 2.22. The predicted molar refractivity (Wildman–Crippen MR) is 69.9 cm³/mol. The average molecular weight is 260 g/mol. The lowest BCUT2D eigenvalue weighted by molar-refractivity contribution is 0.0697. The van der Waals surface area contributed by atoms with Crippen molar-refractivity contribution in [2.75, 3.05) is 0 Å². The van der Waals surface area contributed by atoms with Crippen LogP contribution in [0.15, 0.2) is 28.8 Å². The van der Waals surface area contributed by atoms with Crippen LogP contribution in [0.1, 0.15) is 37.0 Å². The molecule has 19 heavy (non-hydrogen) atoms. The van der Waals surface area contributed by atoms with Gasteiger partial charge in [0.15, 0.2) is 5.82 Å². The van der Waals surface area contributed by atoms with Gasteiger partial charge in [-0.2, -0.15) is 4.98 Å². The van der Waals surface area contributed by atoms with Crippen LogP contribution in [0, 0.1) is 5.41 Å². The fraction of sp³-hybridized carbons (Fsp3) is 0.357. The van der Waals surface area contributed by atoms with E-state index in [4.69, 9.17) is 9.63 Å². The molecule has 5 nitrogen and oxygen atoms in total. The normalized spacial score (nSPS) is 11.5. The minimum atomic E-state index is -0.976. The van der Waals surface area contributed by atoms with E-state index in [1.807, 2.05) is 0 Å². The Morgan fingerprint density at radius 2 is 2.11 bits per heavy atom. The first-order chi connectivity index (χ1) is 8.85. The van der Waals surface area contributed by atoms with Gasteiger partial charge < -0.3 is 9.63 Å². The van der Waals surface area contributed by atoms with E-state index in [-0.39, 0.29) is 11.0 Å². The summed E-state index contributed by atoms with van der Waals surface area (Å²) in [5.74, 6) is 0.00172. The summed E-state index contributed by atoms with van der Waals surface area (Å²) >= 11 is 0. The van der Waals surface area contributed by atoms with Gasteiger partial charge in [-0.3, -0.25) is 0 Å². The summed E-state index contributed by atoms with van der Waals surface area (Å²) in [5, 5.41) is 12.9. The van der Waals surface area contributed by atoms with E-state index in [9.17, 15) is 4.79 Å². The first-order valence-electron chi connectivity index (χ1n) is 6.01. The Labute approximate surface area is 111 Å². The number of carboxylic acid groups (broad SMARTS) is 1. The van der Waals surface area contributed by atoms with Gasteiger partial charge in [0.05, 0.1) is 5.56 Å². The van der Waals surface area contributed by atoms with Gasteiger partial charge in [-0.1, -0.05) is 32.0 Å². The minimum absolute atomic E-state index is 0.0735. The van der Waals surface area contributed by atoms with Crippen molar-refractivity contribution in [1.29, 1.82) is 0 Å². The largest absolute Gasteiger partial charge is 0.478 e. The summed E-state index contributed by atoms with van der Waals surface area (Å²) in [7, 11) is 0. The molecule has 0 fully saturated rings. The second-order valence-corrected chi connectivity index (χ2v) is 5.64. The van der Waals surface area contributed by atoms with E-state index < -0.39 is 5.97 Å². The SMILES string of the molecule is CC(C)(C)Cc1noc(-c2cccc(C(=O)O)c2)n1. The van der Waals surface area contributed by atoms with Gasteiger partial charge in [0.25, 0.3) is 5.89 Å². The standard InChI is InChI=1S/C14H16N2O3/c1-14(2,3)8-11-15-12(19-16-11)9-5-4-6-10(7-9)13(17)18/h4-7H,8H2,1-3H3,(H,17,18). The molecule has 1 aromatic heterocycles. The van der Waals surface area contributed by atoms with E-state index in [0.717, 1.165) is 0 Å². The van der Waals surface area contributed by atoms with Crippen molar-refractivity contribution < 1.29 is 14.4 Å². The van der Waals surface area contributed by atoms with Gasteiger partial charge in [-0.05, 0) is 23.6 Å². The van der Waals surface area contributed by atoms with Gasteiger partial charge in [-0.25, -0.2) is 4.79 Å². The number of nitrogens with zero attached hydrogens (tertiary/aromatic N) is 2. The first-order valence-corrected chi connectivity index (χ1v) is 6.01. The van der Waals surface area contributed by atoms with E-state index in [0.29, 0.717) is 23.7 Å². The summed E-state index contributed by atoms with van der Waals surface area (Å²) in [5.41, 5.74) is 0.893. The Hall–Kier alpha value is -2.17. The summed E-state index contributed by atoms with van der Waals surface area (Å²) < 4.78 is 5.18. The van der Waals surface area contributed by atoms with Crippen LogP contribution < -0.4 is 0 Å². The highest BCUT2D eigenvalue weighted by atomic mass is 16.5. The van der Waals surface area contributed by atoms with E-state index in [2.05, 4.69) is 30.9 Å². The van der Waals surface area contributed by atoms with Crippen LogP contribution in [0.4, 0.5) is 0 Å². The van der Waals surface area contributed by atoms with Crippen molar-refractivity contribution in [3.63, 3.8) is 0 Å². The Bertz CT molecular complexity index is 597. The summed E-state index contributed by atoms with van der Waals surface area (Å²) in [6, 6.07) is 6.46. The van der Waals surface area contributed by atoms with Gasteiger partial charge in [-0.15, -0.1) is 0 Å². The molecule has 0 aliphatic carbocycles. The molecule has 0 amide bonds. The highest BCUT2D eigenvalue weighted by molar-refractivity contribution is 5.88. The number of aromatic nitrogens is 2. The quantitative estimate of drug-likeness (QED) is 0.917. The molecule has 0 spiro atoms. The topological polar surface area (TPSA) is 76.2 Å². The number of carboxylic acids is 1. The van der Waals surface area contributed by atoms with Gasteiger partial charge in [0, 0.05) is 12.0 Å². The van der Waals surface area contributed by atoms with Crippen LogP contribution in [-0.2, 0) is 6.42 Å². The van der Waals surface area contributed by atoms with Crippen LogP contribution in [0.25, 0.3) is 11.5 Å². The summed E-state index contributed by atoms with van der Waals surface area (Å²) in [6.07, 6.45) is 0.703. The van der Waals surface area contributed by atoms with Crippen LogP contribution in [0.3, 0.4) is 0 Å². The molecule has 0 radical (unpaired) electrons. The number of rotatable bonds is 3. The van der Waals surface area contributed by atoms with Crippen molar-refractivity contribution in [2.45, 2.75) is 27.2 Å². The molecule has 5 heteroatoms. The second kappa shape index (κ2) is 4.84. The van der Waals surface area contributed by atoms with Crippen molar-refractivity contribution in [3.8, 4) is 11.5 Å². The Balaban J connectivity index is 2.28. The molecular weight excluding hydrogens is 244 g/mol. The molecule has 0 bridgehead atoms. The third kappa shape index (κ3) is 3.40. The molecular formula is C14H16N2O3. The monoisotopic (exact) mass is 260 g/mol. The van der Waals surface area contributed by atoms with E-state index in [1.54, 1.807) is 12.1 Å². The molecule has 0 unspecified atom stereocenters. The first kappa shape index (κ1) is 13.3. The van der Waals surface area contributed by atoms with Gasteiger partial charge in [0.2, 0.25) is 0 Å². The Morgan fingerprint density at radius 1 is 1.37 bits per heavy atom. The maximum atomic E-state index is 10.9. The van der Waals surface area contributed by atoms with Crippen molar-refractivity contribution in [2.24, 2.45) is 5.41 Å². The molecule has 0 atom stereocenters.